The van der Waals surface area contributed by atoms with Crippen LogP contribution in [0.3, 0.4) is 0 Å². The monoisotopic (exact) mass is 909 g/mol. The topological polar surface area (TPSA) is 409 Å². The number of hydrogen-bond acceptors (Lipinski definition) is 13. The summed E-state index contributed by atoms with van der Waals surface area (Å²) in [4.78, 5) is 128. The van der Waals surface area contributed by atoms with E-state index in [0.717, 1.165) is 0 Å². The third-order valence-corrected chi connectivity index (χ3v) is 9.37. The maximum atomic E-state index is 14.0. The van der Waals surface area contributed by atoms with Gasteiger partial charge in [-0.3, -0.25) is 48.1 Å². The number of nitrogens with one attached hydrogen (secondary N) is 9. The van der Waals surface area contributed by atoms with Crippen molar-refractivity contribution in [3.63, 3.8) is 0 Å². The molecule has 0 saturated carbocycles. The second-order valence-corrected chi connectivity index (χ2v) is 16.3. The lowest BCUT2D eigenvalue weighted by Gasteiger charge is -2.27. The molecule has 1 aromatic heterocycles. The smallest absolute Gasteiger partial charge is 0.325 e. The lowest BCUT2D eigenvalue weighted by Crippen LogP contribution is -2.60. The molecule has 64 heavy (non-hydrogen) atoms. The van der Waals surface area contributed by atoms with Gasteiger partial charge in [0.2, 0.25) is 47.3 Å². The highest BCUT2D eigenvalue weighted by molar-refractivity contribution is 5.98. The van der Waals surface area contributed by atoms with Gasteiger partial charge in [-0.2, -0.15) is 0 Å². The number of amides is 8. The van der Waals surface area contributed by atoms with Crippen molar-refractivity contribution >= 4 is 59.2 Å². The largest absolute Gasteiger partial charge is 0.480 e. The van der Waals surface area contributed by atoms with Gasteiger partial charge in [-0.25, -0.2) is 4.98 Å². The minimum Gasteiger partial charge on any atom is -0.480 e. The molecular weight excluding hydrogens is 841 g/mol. The maximum Gasteiger partial charge on any atom is 0.325 e. The van der Waals surface area contributed by atoms with Gasteiger partial charge in [-0.1, -0.05) is 27.7 Å². The second kappa shape index (κ2) is 27.6. The number of carbonyl (C=O) groups is 9. The van der Waals surface area contributed by atoms with Crippen molar-refractivity contribution in [2.45, 2.75) is 142 Å². The van der Waals surface area contributed by atoms with Crippen LogP contribution in [0.2, 0.25) is 0 Å². The van der Waals surface area contributed by atoms with Gasteiger partial charge in [0.15, 0.2) is 5.96 Å². The molecule has 0 bridgehead atoms. The number of aliphatic carboxylic acids is 1. The number of carboxylic acid groups (broad SMARTS) is 1. The van der Waals surface area contributed by atoms with Crippen LogP contribution in [0.5, 0.6) is 0 Å². The van der Waals surface area contributed by atoms with Crippen molar-refractivity contribution in [2.75, 3.05) is 13.1 Å². The van der Waals surface area contributed by atoms with Crippen LogP contribution < -0.4 is 59.7 Å². The molecule has 0 aliphatic carbocycles. The number of H-pyrrole nitrogens is 1. The first-order valence-electron chi connectivity index (χ1n) is 20.9. The average Bonchev–Trinajstić information content (AvgIpc) is 3.72. The van der Waals surface area contributed by atoms with Crippen LogP contribution in [0, 0.1) is 11.8 Å². The van der Waals surface area contributed by atoms with E-state index in [1.165, 1.54) is 40.2 Å². The first kappa shape index (κ1) is 55.6. The van der Waals surface area contributed by atoms with Crippen molar-refractivity contribution in [3.05, 3.63) is 18.2 Å². The normalized spacial score (nSPS) is 15.3. The van der Waals surface area contributed by atoms with Crippen molar-refractivity contribution in [1.29, 1.82) is 0 Å². The highest BCUT2D eigenvalue weighted by atomic mass is 16.4. The van der Waals surface area contributed by atoms with Gasteiger partial charge >= 0.3 is 5.97 Å². The SMILES string of the molecule is CC(C)C[C@H](NC(=O)CN)C(=O)N[C@@H](CC(C)C)C(=O)N[C@@H](C)C(=O)N[C@@H](CCCN=C(N)N)C(=O)N[C@@H](Cc1cnc[nH]1)C(=O)N[C@@H](C)C(=O)N[C@H](C(=O)N[C@@H](C)C(=O)O)[C@@H](C)O. The number of aromatic amines is 1. The summed E-state index contributed by atoms with van der Waals surface area (Å²) in [5.41, 5.74) is 16.7. The fourth-order valence-electron chi connectivity index (χ4n) is 5.91. The summed E-state index contributed by atoms with van der Waals surface area (Å²) in [6.45, 7) is 12.1. The van der Waals surface area contributed by atoms with Gasteiger partial charge in [-0.05, 0) is 65.2 Å². The summed E-state index contributed by atoms with van der Waals surface area (Å²) in [6.07, 6.45) is 1.60. The zero-order valence-corrected chi connectivity index (χ0v) is 37.7. The molecule has 0 fully saturated rings. The molecule has 0 radical (unpaired) electrons. The Morgan fingerprint density at radius 2 is 1.11 bits per heavy atom. The maximum absolute atomic E-state index is 14.0. The zero-order valence-electron chi connectivity index (χ0n) is 37.7. The van der Waals surface area contributed by atoms with Crippen LogP contribution in [-0.2, 0) is 49.6 Å². The lowest BCUT2D eigenvalue weighted by atomic mass is 10.00. The molecule has 0 aromatic carbocycles. The average molecular weight is 909 g/mol. The van der Waals surface area contributed by atoms with E-state index in [4.69, 9.17) is 22.3 Å². The molecule has 360 valence electrons. The van der Waals surface area contributed by atoms with Crippen molar-refractivity contribution < 1.29 is 53.4 Å². The van der Waals surface area contributed by atoms with Crippen LogP contribution in [0.1, 0.15) is 86.8 Å². The van der Waals surface area contributed by atoms with Crippen molar-refractivity contribution in [1.82, 2.24) is 52.5 Å². The summed E-state index contributed by atoms with van der Waals surface area (Å²) < 4.78 is 0. The quantitative estimate of drug-likeness (QED) is 0.0214. The number of carbonyl (C=O) groups excluding carboxylic acids is 8. The van der Waals surface area contributed by atoms with E-state index in [2.05, 4.69) is 57.5 Å². The number of rotatable bonds is 28. The molecule has 0 saturated heterocycles. The van der Waals surface area contributed by atoms with Gasteiger partial charge < -0.3 is 74.9 Å². The fourth-order valence-corrected chi connectivity index (χ4v) is 5.91. The van der Waals surface area contributed by atoms with Gasteiger partial charge in [0.05, 0.1) is 19.0 Å². The number of nitrogens with two attached hydrogens (primary N) is 3. The van der Waals surface area contributed by atoms with Crippen LogP contribution in [0.15, 0.2) is 17.5 Å². The van der Waals surface area contributed by atoms with Crippen LogP contribution in [0.25, 0.3) is 0 Å². The minimum atomic E-state index is -1.60. The first-order valence-corrected chi connectivity index (χ1v) is 20.9. The summed E-state index contributed by atoms with van der Waals surface area (Å²) in [7, 11) is 0. The van der Waals surface area contributed by atoms with Gasteiger partial charge in [0, 0.05) is 24.9 Å². The molecule has 0 spiro atoms. The van der Waals surface area contributed by atoms with E-state index in [1.807, 2.05) is 27.7 Å². The molecule has 1 rings (SSSR count). The summed E-state index contributed by atoms with van der Waals surface area (Å²) in [5.74, 6) is -8.03. The molecule has 8 amide bonds. The molecule has 0 aliphatic heterocycles. The number of carboxylic acids is 1. The molecule has 9 atom stereocenters. The first-order chi connectivity index (χ1) is 29.9. The standard InChI is InChI=1S/C39H68N14O11/c1-18(2)12-26(49-29(55)15-40)36(61)51-27(13-19(3)4)34(59)46-20(5)31(56)50-25(10-9-11-44-39(41)42)33(58)52-28(14-24-16-43-17-45-24)35(60)47-21(6)32(57)53-30(23(8)54)37(62)48-22(7)38(63)64/h16-23,25-28,30,54H,9-15,40H2,1-8H3,(H,43,45)(H,46,59)(H,47,60)(H,48,62)(H,49,55)(H,50,56)(H,51,61)(H,52,58)(H,53,57)(H,63,64)(H4,41,42,44)/t20-,21-,22-,23+,25-,26-,27-,28-,30-/m0/s1. The Labute approximate surface area is 371 Å². The summed E-state index contributed by atoms with van der Waals surface area (Å²) in [5, 5.41) is 39.2. The van der Waals surface area contributed by atoms with Gasteiger partial charge in [0.1, 0.15) is 48.3 Å². The molecule has 0 aliphatic rings. The van der Waals surface area contributed by atoms with E-state index < -0.39 is 108 Å². The zero-order chi connectivity index (χ0) is 48.8. The van der Waals surface area contributed by atoms with Crippen LogP contribution in [0.4, 0.5) is 0 Å². The number of aliphatic hydroxyl groups excluding tert-OH is 1. The molecule has 1 aromatic rings. The molecule has 25 heteroatoms. The number of nitrogens with zero attached hydrogens (tertiary/aromatic N) is 2. The molecular formula is C39H68N14O11. The number of aromatic nitrogens is 2. The molecule has 1 heterocycles. The number of aliphatic hydroxyl groups is 1. The van der Waals surface area contributed by atoms with E-state index in [1.54, 1.807) is 0 Å². The third-order valence-electron chi connectivity index (χ3n) is 9.37. The number of guanidine groups is 1. The second-order valence-electron chi connectivity index (χ2n) is 16.3. The molecule has 25 nitrogen and oxygen atoms in total. The van der Waals surface area contributed by atoms with E-state index in [0.29, 0.717) is 5.69 Å². The van der Waals surface area contributed by atoms with E-state index in [9.17, 15) is 48.3 Å². The Hall–Kier alpha value is -6.37. The lowest BCUT2D eigenvalue weighted by molar-refractivity contribution is -0.142. The predicted molar refractivity (Wildman–Crippen MR) is 232 cm³/mol. The van der Waals surface area contributed by atoms with E-state index in [-0.39, 0.29) is 63.0 Å². The molecule has 17 N–H and O–H groups in total. The Balaban J connectivity index is 3.30. The molecule has 0 unspecified atom stereocenters. The Bertz CT molecular complexity index is 1770. The van der Waals surface area contributed by atoms with Crippen molar-refractivity contribution in [2.24, 2.45) is 34.0 Å². The van der Waals surface area contributed by atoms with Gasteiger partial charge in [0.25, 0.3) is 0 Å². The predicted octanol–water partition coefficient (Wildman–Crippen LogP) is -4.54. The Morgan fingerprint density at radius 1 is 0.641 bits per heavy atom. The Kier molecular flexibility index (Phi) is 24.0. The number of imidazole rings is 1. The van der Waals surface area contributed by atoms with E-state index >= 15 is 0 Å². The van der Waals surface area contributed by atoms with Gasteiger partial charge in [-0.15, -0.1) is 0 Å². The van der Waals surface area contributed by atoms with Crippen LogP contribution in [-0.4, -0.2) is 147 Å². The highest BCUT2D eigenvalue weighted by Gasteiger charge is 2.34. The minimum absolute atomic E-state index is 0.00129. The number of aliphatic imine (C=N–C) groups is 1. The Morgan fingerprint density at radius 3 is 1.59 bits per heavy atom. The van der Waals surface area contributed by atoms with Crippen LogP contribution >= 0.6 is 0 Å². The summed E-state index contributed by atoms with van der Waals surface area (Å²) >= 11 is 0. The highest BCUT2D eigenvalue weighted by Crippen LogP contribution is 2.10. The number of hydrogen-bond donors (Lipinski definition) is 14. The third kappa shape index (κ3) is 20.7. The summed E-state index contributed by atoms with van der Waals surface area (Å²) in [6, 6.07) is -10.4. The fraction of sp³-hybridized carbons (Fsp3) is 0.667. The van der Waals surface area contributed by atoms with Crippen molar-refractivity contribution in [3.8, 4) is 0 Å².